The number of nitrogens with zero attached hydrogens (tertiary/aromatic N) is 2. The van der Waals surface area contributed by atoms with Gasteiger partial charge in [-0.2, -0.15) is 0 Å². The first-order valence-electron chi connectivity index (χ1n) is 5.94. The zero-order valence-corrected chi connectivity index (χ0v) is 10.4. The molecule has 0 bridgehead atoms. The van der Waals surface area contributed by atoms with E-state index in [1.165, 1.54) is 0 Å². The minimum absolute atomic E-state index is 0.268. The molecule has 1 aromatic heterocycles. The highest BCUT2D eigenvalue weighted by Gasteiger charge is 2.11. The molecule has 16 heavy (non-hydrogen) atoms. The average Bonchev–Trinajstić information content (AvgIpc) is 2.26. The maximum Gasteiger partial charge on any atom is 0.129 e. The van der Waals surface area contributed by atoms with Crippen molar-refractivity contribution in [3.63, 3.8) is 0 Å². The Kier molecular flexibility index (Phi) is 5.19. The highest BCUT2D eigenvalue weighted by atomic mass is 15.0. The second-order valence-corrected chi connectivity index (χ2v) is 4.38. The summed E-state index contributed by atoms with van der Waals surface area (Å²) in [6.45, 7) is 7.06. The first-order chi connectivity index (χ1) is 7.67. The van der Waals surface area contributed by atoms with E-state index in [0.29, 0.717) is 12.5 Å². The summed E-state index contributed by atoms with van der Waals surface area (Å²) in [5.74, 6) is 1.37. The SMILES string of the molecule is CCCc1cc(NC(CN)C(C)C)ncn1. The third-order valence-electron chi connectivity index (χ3n) is 2.62. The van der Waals surface area contributed by atoms with Gasteiger partial charge in [-0.3, -0.25) is 0 Å². The Morgan fingerprint density at radius 2 is 2.12 bits per heavy atom. The maximum atomic E-state index is 5.71. The molecule has 0 fully saturated rings. The van der Waals surface area contributed by atoms with E-state index in [9.17, 15) is 0 Å². The first kappa shape index (κ1) is 12.9. The van der Waals surface area contributed by atoms with Crippen LogP contribution in [0.3, 0.4) is 0 Å². The number of nitrogens with two attached hydrogens (primary N) is 1. The Balaban J connectivity index is 2.68. The van der Waals surface area contributed by atoms with Gasteiger partial charge in [0, 0.05) is 24.3 Å². The van der Waals surface area contributed by atoms with Crippen molar-refractivity contribution in [1.29, 1.82) is 0 Å². The second kappa shape index (κ2) is 6.43. The van der Waals surface area contributed by atoms with Gasteiger partial charge in [-0.25, -0.2) is 9.97 Å². The van der Waals surface area contributed by atoms with E-state index in [-0.39, 0.29) is 6.04 Å². The van der Waals surface area contributed by atoms with Crippen LogP contribution in [0.2, 0.25) is 0 Å². The van der Waals surface area contributed by atoms with Crippen LogP contribution in [0.25, 0.3) is 0 Å². The highest BCUT2D eigenvalue weighted by molar-refractivity contribution is 5.36. The number of aryl methyl sites for hydroxylation is 1. The van der Waals surface area contributed by atoms with Crippen LogP contribution < -0.4 is 11.1 Å². The standard InChI is InChI=1S/C12H22N4/c1-4-5-10-6-12(15-8-14-10)16-11(7-13)9(2)3/h6,8-9,11H,4-5,7,13H2,1-3H3,(H,14,15,16). The lowest BCUT2D eigenvalue weighted by atomic mass is 10.0. The topological polar surface area (TPSA) is 63.8 Å². The van der Waals surface area contributed by atoms with E-state index in [1.54, 1.807) is 6.33 Å². The van der Waals surface area contributed by atoms with E-state index in [1.807, 2.05) is 6.07 Å². The summed E-state index contributed by atoms with van der Waals surface area (Å²) in [5.41, 5.74) is 6.80. The molecule has 0 saturated carbocycles. The third kappa shape index (κ3) is 3.77. The van der Waals surface area contributed by atoms with Crippen molar-refractivity contribution in [2.45, 2.75) is 39.7 Å². The van der Waals surface area contributed by atoms with E-state index in [4.69, 9.17) is 5.73 Å². The quantitative estimate of drug-likeness (QED) is 0.770. The fourth-order valence-electron chi connectivity index (χ4n) is 1.56. The Bertz CT molecular complexity index is 312. The van der Waals surface area contributed by atoms with Gasteiger partial charge in [0.2, 0.25) is 0 Å². The smallest absolute Gasteiger partial charge is 0.129 e. The molecule has 3 N–H and O–H groups in total. The molecule has 1 unspecified atom stereocenters. The number of aromatic nitrogens is 2. The van der Waals surface area contributed by atoms with Gasteiger partial charge >= 0.3 is 0 Å². The van der Waals surface area contributed by atoms with Crippen LogP contribution in [0.15, 0.2) is 12.4 Å². The molecule has 4 heteroatoms. The predicted molar refractivity (Wildman–Crippen MR) is 67.3 cm³/mol. The fraction of sp³-hybridized carbons (Fsp3) is 0.667. The van der Waals surface area contributed by atoms with Crippen molar-refractivity contribution in [2.24, 2.45) is 11.7 Å². The van der Waals surface area contributed by atoms with Gasteiger partial charge in [-0.1, -0.05) is 27.2 Å². The monoisotopic (exact) mass is 222 g/mol. The Morgan fingerprint density at radius 3 is 2.69 bits per heavy atom. The number of rotatable bonds is 6. The molecule has 0 aromatic carbocycles. The largest absolute Gasteiger partial charge is 0.366 e. The lowest BCUT2D eigenvalue weighted by molar-refractivity contribution is 0.530. The summed E-state index contributed by atoms with van der Waals surface area (Å²) in [6.07, 6.45) is 3.70. The van der Waals surface area contributed by atoms with Gasteiger partial charge in [-0.05, 0) is 12.3 Å². The number of hydrogen-bond donors (Lipinski definition) is 2. The van der Waals surface area contributed by atoms with Gasteiger partial charge in [0.25, 0.3) is 0 Å². The predicted octanol–water partition coefficient (Wildman–Crippen LogP) is 1.82. The Labute approximate surface area is 97.7 Å². The molecule has 0 amide bonds. The lowest BCUT2D eigenvalue weighted by Gasteiger charge is -2.21. The molecule has 0 radical (unpaired) electrons. The molecule has 0 saturated heterocycles. The van der Waals surface area contributed by atoms with Gasteiger partial charge in [-0.15, -0.1) is 0 Å². The van der Waals surface area contributed by atoms with Crippen molar-refractivity contribution in [3.05, 3.63) is 18.1 Å². The van der Waals surface area contributed by atoms with E-state index >= 15 is 0 Å². The number of anilines is 1. The maximum absolute atomic E-state index is 5.71. The molecule has 90 valence electrons. The molecule has 0 aliphatic carbocycles. The van der Waals surface area contributed by atoms with Gasteiger partial charge in [0.1, 0.15) is 12.1 Å². The van der Waals surface area contributed by atoms with E-state index < -0.39 is 0 Å². The van der Waals surface area contributed by atoms with Crippen molar-refractivity contribution >= 4 is 5.82 Å². The van der Waals surface area contributed by atoms with Crippen molar-refractivity contribution in [3.8, 4) is 0 Å². The molecule has 1 atom stereocenters. The molecule has 0 aliphatic heterocycles. The second-order valence-electron chi connectivity index (χ2n) is 4.38. The summed E-state index contributed by atoms with van der Waals surface area (Å²) in [6, 6.07) is 2.28. The molecule has 1 heterocycles. The normalized spacial score (nSPS) is 12.8. The van der Waals surface area contributed by atoms with Crippen LogP contribution in [0.1, 0.15) is 32.9 Å². The molecule has 4 nitrogen and oxygen atoms in total. The van der Waals surface area contributed by atoms with Crippen LogP contribution in [-0.2, 0) is 6.42 Å². The molecule has 0 spiro atoms. The molecule has 1 aromatic rings. The highest BCUT2D eigenvalue weighted by Crippen LogP contribution is 2.10. The number of hydrogen-bond acceptors (Lipinski definition) is 4. The van der Waals surface area contributed by atoms with Gasteiger partial charge in [0.05, 0.1) is 0 Å². The summed E-state index contributed by atoms with van der Waals surface area (Å²) >= 11 is 0. The van der Waals surface area contributed by atoms with E-state index in [2.05, 4.69) is 36.1 Å². The van der Waals surface area contributed by atoms with Crippen LogP contribution in [0.5, 0.6) is 0 Å². The van der Waals surface area contributed by atoms with Gasteiger partial charge < -0.3 is 11.1 Å². The van der Waals surface area contributed by atoms with Crippen LogP contribution >= 0.6 is 0 Å². The molecular weight excluding hydrogens is 200 g/mol. The molecule has 1 rings (SSSR count). The van der Waals surface area contributed by atoms with Crippen LogP contribution in [0, 0.1) is 5.92 Å². The third-order valence-corrected chi connectivity index (χ3v) is 2.62. The Morgan fingerprint density at radius 1 is 1.38 bits per heavy atom. The van der Waals surface area contributed by atoms with Crippen LogP contribution in [0.4, 0.5) is 5.82 Å². The minimum Gasteiger partial charge on any atom is -0.366 e. The molecule has 0 aliphatic rings. The van der Waals surface area contributed by atoms with Crippen LogP contribution in [-0.4, -0.2) is 22.6 Å². The Hall–Kier alpha value is -1.16. The van der Waals surface area contributed by atoms with Crippen molar-refractivity contribution in [1.82, 2.24) is 9.97 Å². The summed E-state index contributed by atoms with van der Waals surface area (Å²) in [7, 11) is 0. The zero-order valence-electron chi connectivity index (χ0n) is 10.4. The molecular formula is C12H22N4. The first-order valence-corrected chi connectivity index (χ1v) is 5.94. The number of nitrogens with one attached hydrogen (secondary N) is 1. The fourth-order valence-corrected chi connectivity index (χ4v) is 1.56. The van der Waals surface area contributed by atoms with Gasteiger partial charge in [0.15, 0.2) is 0 Å². The summed E-state index contributed by atoms with van der Waals surface area (Å²) in [4.78, 5) is 8.44. The van der Waals surface area contributed by atoms with Crippen molar-refractivity contribution < 1.29 is 0 Å². The van der Waals surface area contributed by atoms with Crippen molar-refractivity contribution in [2.75, 3.05) is 11.9 Å². The zero-order chi connectivity index (χ0) is 12.0. The summed E-state index contributed by atoms with van der Waals surface area (Å²) in [5, 5.41) is 3.35. The lowest BCUT2D eigenvalue weighted by Crippen LogP contribution is -2.34. The summed E-state index contributed by atoms with van der Waals surface area (Å²) < 4.78 is 0. The minimum atomic E-state index is 0.268. The average molecular weight is 222 g/mol. The van der Waals surface area contributed by atoms with E-state index in [0.717, 1.165) is 24.4 Å².